The Balaban J connectivity index is 2.76. The molecule has 0 amide bonds. The first-order chi connectivity index (χ1) is 6.41. The fourth-order valence-electron chi connectivity index (χ4n) is 0.637. The van der Waals surface area contributed by atoms with Crippen molar-refractivity contribution in [1.82, 2.24) is 0 Å². The molecular formula is C8H17BrO4. The van der Waals surface area contributed by atoms with Crippen molar-refractivity contribution in [2.75, 3.05) is 52.3 Å². The third-order valence-corrected chi connectivity index (χ3v) is 1.58. The number of hydrogen-bond acceptors (Lipinski definition) is 4. The zero-order valence-electron chi connectivity index (χ0n) is 7.96. The van der Waals surface area contributed by atoms with E-state index >= 15 is 0 Å². The molecule has 4 nitrogen and oxygen atoms in total. The second-order valence-corrected chi connectivity index (χ2v) is 2.69. The molecule has 0 fully saturated rings. The first-order valence-corrected chi connectivity index (χ1v) is 5.32. The van der Waals surface area contributed by atoms with E-state index in [1.54, 1.807) is 7.11 Å². The van der Waals surface area contributed by atoms with E-state index in [0.29, 0.717) is 45.2 Å². The third-order valence-electron chi connectivity index (χ3n) is 1.25. The number of alkyl halides is 1. The van der Waals surface area contributed by atoms with Crippen LogP contribution in [0.2, 0.25) is 0 Å². The molecule has 0 aromatic heterocycles. The van der Waals surface area contributed by atoms with Gasteiger partial charge in [0, 0.05) is 7.11 Å². The zero-order chi connectivity index (χ0) is 9.78. The van der Waals surface area contributed by atoms with Gasteiger partial charge in [0.1, 0.15) is 5.52 Å². The van der Waals surface area contributed by atoms with Gasteiger partial charge in [-0.05, 0) is 0 Å². The molecule has 80 valence electrons. The van der Waals surface area contributed by atoms with Crippen LogP contribution in [0.3, 0.4) is 0 Å². The smallest absolute Gasteiger partial charge is 0.102 e. The van der Waals surface area contributed by atoms with Crippen LogP contribution in [0.15, 0.2) is 0 Å². The van der Waals surface area contributed by atoms with E-state index < -0.39 is 0 Å². The van der Waals surface area contributed by atoms with Gasteiger partial charge in [0.15, 0.2) is 0 Å². The maximum Gasteiger partial charge on any atom is 0.102 e. The fourth-order valence-corrected chi connectivity index (χ4v) is 0.866. The van der Waals surface area contributed by atoms with Crippen molar-refractivity contribution < 1.29 is 18.9 Å². The maximum atomic E-state index is 5.20. The summed E-state index contributed by atoms with van der Waals surface area (Å²) in [5, 5.41) is 0. The molecule has 0 N–H and O–H groups in total. The number of rotatable bonds is 10. The van der Waals surface area contributed by atoms with Gasteiger partial charge in [-0.2, -0.15) is 0 Å². The Morgan fingerprint density at radius 1 is 0.769 bits per heavy atom. The molecule has 0 atom stereocenters. The van der Waals surface area contributed by atoms with Crippen LogP contribution in [0.4, 0.5) is 0 Å². The van der Waals surface area contributed by atoms with Crippen molar-refractivity contribution in [3.8, 4) is 0 Å². The van der Waals surface area contributed by atoms with Gasteiger partial charge in [-0.3, -0.25) is 0 Å². The van der Waals surface area contributed by atoms with Crippen molar-refractivity contribution in [1.29, 1.82) is 0 Å². The number of methoxy groups -OCH3 is 1. The predicted octanol–water partition coefficient (Wildman–Crippen LogP) is 1.03. The van der Waals surface area contributed by atoms with Crippen LogP contribution in [0.1, 0.15) is 0 Å². The Labute approximate surface area is 87.6 Å². The lowest BCUT2D eigenvalue weighted by molar-refractivity contribution is 0.00949. The summed E-state index contributed by atoms with van der Waals surface area (Å²) in [6.07, 6.45) is 0. The average Bonchev–Trinajstić information content (AvgIpc) is 2.16. The number of halogens is 1. The summed E-state index contributed by atoms with van der Waals surface area (Å²) >= 11 is 3.14. The minimum Gasteiger partial charge on any atom is -0.382 e. The second-order valence-electron chi connectivity index (χ2n) is 2.23. The van der Waals surface area contributed by atoms with E-state index in [1.807, 2.05) is 0 Å². The van der Waals surface area contributed by atoms with Crippen LogP contribution in [0.5, 0.6) is 0 Å². The Hall–Kier alpha value is 0.320. The SMILES string of the molecule is COCCOCCOCCOCBr. The predicted molar refractivity (Wildman–Crippen MR) is 53.3 cm³/mol. The summed E-state index contributed by atoms with van der Waals surface area (Å²) in [7, 11) is 1.65. The zero-order valence-corrected chi connectivity index (χ0v) is 9.55. The highest BCUT2D eigenvalue weighted by Crippen LogP contribution is 1.84. The normalized spacial score (nSPS) is 10.6. The van der Waals surface area contributed by atoms with Crippen LogP contribution in [-0.2, 0) is 18.9 Å². The largest absolute Gasteiger partial charge is 0.382 e. The van der Waals surface area contributed by atoms with Gasteiger partial charge in [0.25, 0.3) is 0 Å². The minimum absolute atomic E-state index is 0.556. The topological polar surface area (TPSA) is 36.9 Å². The molecule has 0 bridgehead atoms. The van der Waals surface area contributed by atoms with Crippen LogP contribution < -0.4 is 0 Å². The Morgan fingerprint density at radius 2 is 1.23 bits per heavy atom. The van der Waals surface area contributed by atoms with Gasteiger partial charge in [-0.1, -0.05) is 15.9 Å². The number of hydrogen-bond donors (Lipinski definition) is 0. The molecule has 0 saturated heterocycles. The highest BCUT2D eigenvalue weighted by Gasteiger charge is 1.89. The number of ether oxygens (including phenoxy) is 4. The summed E-state index contributed by atoms with van der Waals surface area (Å²) in [6.45, 7) is 3.69. The van der Waals surface area contributed by atoms with Gasteiger partial charge in [-0.25, -0.2) is 0 Å². The molecule has 0 unspecified atom stereocenters. The van der Waals surface area contributed by atoms with E-state index in [-0.39, 0.29) is 0 Å². The minimum atomic E-state index is 0.556. The van der Waals surface area contributed by atoms with Gasteiger partial charge < -0.3 is 18.9 Å². The molecule has 0 saturated carbocycles. The highest BCUT2D eigenvalue weighted by molar-refractivity contribution is 9.09. The van der Waals surface area contributed by atoms with Crippen molar-refractivity contribution in [2.45, 2.75) is 0 Å². The summed E-state index contributed by atoms with van der Waals surface area (Å²) < 4.78 is 20.2. The van der Waals surface area contributed by atoms with Crippen LogP contribution in [0.25, 0.3) is 0 Å². The van der Waals surface area contributed by atoms with Gasteiger partial charge in [0.05, 0.1) is 39.6 Å². The first kappa shape index (κ1) is 13.3. The standard InChI is InChI=1S/C8H17BrO4/c1-10-2-3-11-4-5-12-6-7-13-8-9/h2-8H2,1H3. The van der Waals surface area contributed by atoms with Gasteiger partial charge in [0.2, 0.25) is 0 Å². The first-order valence-electron chi connectivity index (χ1n) is 4.20. The molecule has 0 aliphatic rings. The van der Waals surface area contributed by atoms with E-state index in [1.165, 1.54) is 0 Å². The molecule has 0 radical (unpaired) electrons. The second kappa shape index (κ2) is 12.3. The highest BCUT2D eigenvalue weighted by atomic mass is 79.9. The Kier molecular flexibility index (Phi) is 12.6. The molecule has 13 heavy (non-hydrogen) atoms. The molecule has 0 rings (SSSR count). The summed E-state index contributed by atoms with van der Waals surface area (Å²) in [6, 6.07) is 0. The molecular weight excluding hydrogens is 240 g/mol. The average molecular weight is 257 g/mol. The molecule has 5 heteroatoms. The van der Waals surface area contributed by atoms with E-state index in [4.69, 9.17) is 18.9 Å². The van der Waals surface area contributed by atoms with Crippen molar-refractivity contribution in [3.05, 3.63) is 0 Å². The fraction of sp³-hybridized carbons (Fsp3) is 1.00. The van der Waals surface area contributed by atoms with Crippen molar-refractivity contribution in [2.24, 2.45) is 0 Å². The summed E-state index contributed by atoms with van der Waals surface area (Å²) in [5.74, 6) is 0. The van der Waals surface area contributed by atoms with Crippen LogP contribution >= 0.6 is 15.9 Å². The monoisotopic (exact) mass is 256 g/mol. The molecule has 0 aliphatic carbocycles. The summed E-state index contributed by atoms with van der Waals surface area (Å²) in [5.41, 5.74) is 0.556. The maximum absolute atomic E-state index is 5.20. The Bertz CT molecular complexity index is 82.2. The lowest BCUT2D eigenvalue weighted by atomic mass is 10.7. The van der Waals surface area contributed by atoms with Gasteiger partial charge in [-0.15, -0.1) is 0 Å². The lowest BCUT2D eigenvalue weighted by Crippen LogP contribution is -2.10. The Morgan fingerprint density at radius 3 is 1.69 bits per heavy atom. The molecule has 0 heterocycles. The van der Waals surface area contributed by atoms with Crippen LogP contribution in [0, 0.1) is 0 Å². The molecule has 0 aliphatic heterocycles. The lowest BCUT2D eigenvalue weighted by Gasteiger charge is -2.04. The van der Waals surface area contributed by atoms with E-state index in [0.717, 1.165) is 0 Å². The van der Waals surface area contributed by atoms with Crippen molar-refractivity contribution >= 4 is 15.9 Å². The van der Waals surface area contributed by atoms with Gasteiger partial charge >= 0.3 is 0 Å². The van der Waals surface area contributed by atoms with Crippen LogP contribution in [-0.4, -0.2) is 52.3 Å². The van der Waals surface area contributed by atoms with Crippen molar-refractivity contribution in [3.63, 3.8) is 0 Å². The summed E-state index contributed by atoms with van der Waals surface area (Å²) in [4.78, 5) is 0. The van der Waals surface area contributed by atoms with E-state index in [2.05, 4.69) is 15.9 Å². The molecule has 0 aromatic carbocycles. The molecule has 0 aromatic rings. The molecule has 0 spiro atoms. The quantitative estimate of drug-likeness (QED) is 0.433. The third kappa shape index (κ3) is 12.3. The van der Waals surface area contributed by atoms with E-state index in [9.17, 15) is 0 Å².